The number of pyridine rings is 1. The van der Waals surface area contributed by atoms with Gasteiger partial charge in [0, 0.05) is 6.20 Å². The lowest BCUT2D eigenvalue weighted by Crippen LogP contribution is -1.96. The molecule has 2 aromatic heterocycles. The molecule has 0 spiro atoms. The number of nitrogens with zero attached hydrogens (tertiary/aromatic N) is 4. The molecule has 116 valence electrons. The van der Waals surface area contributed by atoms with Crippen LogP contribution in [0.25, 0.3) is 5.65 Å². The van der Waals surface area contributed by atoms with Crippen LogP contribution in [0.1, 0.15) is 27.2 Å². The third kappa shape index (κ3) is 2.70. The fourth-order valence-electron chi connectivity index (χ4n) is 2.45. The molecule has 0 aliphatic heterocycles. The van der Waals surface area contributed by atoms with E-state index in [1.165, 1.54) is 0 Å². The summed E-state index contributed by atoms with van der Waals surface area (Å²) in [6.45, 7) is 5.82. The van der Waals surface area contributed by atoms with Crippen LogP contribution in [0.3, 0.4) is 0 Å². The molecular formula is C17H16N4O2. The van der Waals surface area contributed by atoms with E-state index in [1.807, 2.05) is 51.1 Å². The average molecular weight is 308 g/mol. The molecule has 0 fully saturated rings. The normalized spacial score (nSPS) is 11.4. The van der Waals surface area contributed by atoms with E-state index in [2.05, 4.69) is 15.2 Å². The maximum atomic E-state index is 11.4. The Kier molecular flexibility index (Phi) is 3.65. The molecule has 1 N–H and O–H groups in total. The molecule has 0 radical (unpaired) electrons. The number of hydrogen-bond acceptors (Lipinski definition) is 4. The van der Waals surface area contributed by atoms with Gasteiger partial charge in [0.1, 0.15) is 5.65 Å². The summed E-state index contributed by atoms with van der Waals surface area (Å²) in [7, 11) is 0. The number of benzene rings is 1. The Bertz CT molecular complexity index is 941. The van der Waals surface area contributed by atoms with Crippen molar-refractivity contribution in [1.82, 2.24) is 9.38 Å². The van der Waals surface area contributed by atoms with Crippen LogP contribution in [0.15, 0.2) is 46.8 Å². The standard InChI is InChI=1S/C17H16N4O2/c1-10-6-7-13(12(3)9-10)19-20-16-14(17(22)23)18-15-11(2)5-4-8-21(15)16/h4-9H,1-3H3,(H,22,23). The molecule has 0 aliphatic carbocycles. The van der Waals surface area contributed by atoms with E-state index in [1.54, 1.807) is 10.6 Å². The van der Waals surface area contributed by atoms with Gasteiger partial charge in [0.2, 0.25) is 0 Å². The molecule has 0 unspecified atom stereocenters. The first-order valence-electron chi connectivity index (χ1n) is 7.17. The van der Waals surface area contributed by atoms with Gasteiger partial charge in [0.25, 0.3) is 0 Å². The molecule has 0 saturated carbocycles. The Labute approximate surface area is 133 Å². The SMILES string of the molecule is Cc1ccc(N=Nc2c(C(=O)O)nc3c(C)cccn23)c(C)c1. The van der Waals surface area contributed by atoms with Crippen LogP contribution in [0, 0.1) is 20.8 Å². The number of aryl methyl sites for hydroxylation is 3. The average Bonchev–Trinajstić information content (AvgIpc) is 2.87. The van der Waals surface area contributed by atoms with Gasteiger partial charge in [-0.05, 0) is 44.0 Å². The van der Waals surface area contributed by atoms with Crippen molar-refractivity contribution in [3.8, 4) is 0 Å². The van der Waals surface area contributed by atoms with Gasteiger partial charge >= 0.3 is 5.97 Å². The first-order chi connectivity index (χ1) is 11.0. The van der Waals surface area contributed by atoms with Crippen LogP contribution < -0.4 is 0 Å². The van der Waals surface area contributed by atoms with E-state index in [9.17, 15) is 9.90 Å². The number of carboxylic acids is 1. The Balaban J connectivity index is 2.15. The summed E-state index contributed by atoms with van der Waals surface area (Å²) in [6.07, 6.45) is 1.73. The Hall–Kier alpha value is -3.02. The summed E-state index contributed by atoms with van der Waals surface area (Å²) in [5, 5.41) is 17.7. The highest BCUT2D eigenvalue weighted by Gasteiger charge is 2.19. The fraction of sp³-hybridized carbons (Fsp3) is 0.176. The summed E-state index contributed by atoms with van der Waals surface area (Å²) in [5.74, 6) is -0.904. The quantitative estimate of drug-likeness (QED) is 0.729. The lowest BCUT2D eigenvalue weighted by atomic mass is 10.1. The summed E-state index contributed by atoms with van der Waals surface area (Å²) in [4.78, 5) is 15.6. The van der Waals surface area contributed by atoms with Crippen LogP contribution in [0.4, 0.5) is 11.5 Å². The first kappa shape index (κ1) is 14.9. The van der Waals surface area contributed by atoms with Gasteiger partial charge in [-0.25, -0.2) is 9.78 Å². The van der Waals surface area contributed by atoms with E-state index in [0.717, 1.165) is 16.7 Å². The number of carbonyl (C=O) groups is 1. The smallest absolute Gasteiger partial charge is 0.358 e. The summed E-state index contributed by atoms with van der Waals surface area (Å²) >= 11 is 0. The summed E-state index contributed by atoms with van der Waals surface area (Å²) in [5.41, 5.74) is 4.17. The van der Waals surface area contributed by atoms with Crippen LogP contribution in [-0.4, -0.2) is 20.5 Å². The zero-order valence-electron chi connectivity index (χ0n) is 13.1. The van der Waals surface area contributed by atoms with Crippen LogP contribution >= 0.6 is 0 Å². The van der Waals surface area contributed by atoms with Gasteiger partial charge in [0.15, 0.2) is 11.5 Å². The van der Waals surface area contributed by atoms with Gasteiger partial charge in [-0.1, -0.05) is 23.8 Å². The highest BCUT2D eigenvalue weighted by atomic mass is 16.4. The lowest BCUT2D eigenvalue weighted by Gasteiger charge is -2.01. The summed E-state index contributed by atoms with van der Waals surface area (Å²) in [6, 6.07) is 9.51. The number of imidazole rings is 1. The second-order valence-electron chi connectivity index (χ2n) is 5.46. The van der Waals surface area contributed by atoms with Crippen molar-refractivity contribution >= 4 is 23.1 Å². The molecule has 3 rings (SSSR count). The number of azo groups is 1. The fourth-order valence-corrected chi connectivity index (χ4v) is 2.45. The van der Waals surface area contributed by atoms with Crippen LogP contribution in [0.2, 0.25) is 0 Å². The van der Waals surface area contributed by atoms with Gasteiger partial charge in [-0.3, -0.25) is 4.40 Å². The number of aromatic carboxylic acids is 1. The molecule has 0 aliphatic rings. The Morgan fingerprint density at radius 3 is 2.61 bits per heavy atom. The van der Waals surface area contributed by atoms with Crippen molar-refractivity contribution in [2.24, 2.45) is 10.2 Å². The van der Waals surface area contributed by atoms with Gasteiger partial charge in [-0.15, -0.1) is 10.2 Å². The van der Waals surface area contributed by atoms with Crippen molar-refractivity contribution in [2.75, 3.05) is 0 Å². The molecule has 6 nitrogen and oxygen atoms in total. The van der Waals surface area contributed by atoms with E-state index < -0.39 is 5.97 Å². The number of carboxylic acid groups (broad SMARTS) is 1. The van der Waals surface area contributed by atoms with E-state index in [4.69, 9.17) is 0 Å². The highest BCUT2D eigenvalue weighted by molar-refractivity contribution is 5.92. The minimum Gasteiger partial charge on any atom is -0.476 e. The zero-order chi connectivity index (χ0) is 16.6. The van der Waals surface area contributed by atoms with Crippen molar-refractivity contribution < 1.29 is 9.90 Å². The van der Waals surface area contributed by atoms with E-state index >= 15 is 0 Å². The van der Waals surface area contributed by atoms with E-state index in [-0.39, 0.29) is 11.5 Å². The largest absolute Gasteiger partial charge is 0.476 e. The van der Waals surface area contributed by atoms with Gasteiger partial charge < -0.3 is 5.11 Å². The monoisotopic (exact) mass is 308 g/mol. The molecule has 2 heterocycles. The number of hydrogen-bond donors (Lipinski definition) is 1. The highest BCUT2D eigenvalue weighted by Crippen LogP contribution is 2.27. The van der Waals surface area contributed by atoms with Crippen LogP contribution in [0.5, 0.6) is 0 Å². The minimum absolute atomic E-state index is 0.104. The molecule has 0 bridgehead atoms. The van der Waals surface area contributed by atoms with Gasteiger partial charge in [-0.2, -0.15) is 0 Å². The molecule has 1 aromatic carbocycles. The molecule has 23 heavy (non-hydrogen) atoms. The topological polar surface area (TPSA) is 79.3 Å². The molecule has 0 saturated heterocycles. The Morgan fingerprint density at radius 1 is 1.13 bits per heavy atom. The maximum Gasteiger partial charge on any atom is 0.358 e. The number of aromatic nitrogens is 2. The second-order valence-corrected chi connectivity index (χ2v) is 5.46. The summed E-state index contributed by atoms with van der Waals surface area (Å²) < 4.78 is 1.64. The number of rotatable bonds is 3. The van der Waals surface area contributed by atoms with Crippen molar-refractivity contribution in [2.45, 2.75) is 20.8 Å². The van der Waals surface area contributed by atoms with Crippen molar-refractivity contribution in [1.29, 1.82) is 0 Å². The maximum absolute atomic E-state index is 11.4. The molecule has 0 amide bonds. The molecular weight excluding hydrogens is 292 g/mol. The number of fused-ring (bicyclic) bond motifs is 1. The van der Waals surface area contributed by atoms with E-state index in [0.29, 0.717) is 11.3 Å². The second kappa shape index (κ2) is 5.64. The van der Waals surface area contributed by atoms with Crippen LogP contribution in [-0.2, 0) is 0 Å². The predicted octanol–water partition coefficient (Wildman–Crippen LogP) is 4.37. The molecule has 6 heteroatoms. The van der Waals surface area contributed by atoms with Gasteiger partial charge in [0.05, 0.1) is 5.69 Å². The minimum atomic E-state index is -1.12. The third-order valence-electron chi connectivity index (χ3n) is 3.63. The lowest BCUT2D eigenvalue weighted by molar-refractivity contribution is 0.0692. The molecule has 3 aromatic rings. The zero-order valence-corrected chi connectivity index (χ0v) is 13.1. The third-order valence-corrected chi connectivity index (χ3v) is 3.63. The van der Waals surface area contributed by atoms with Crippen molar-refractivity contribution in [3.05, 3.63) is 58.9 Å². The van der Waals surface area contributed by atoms with Crippen molar-refractivity contribution in [3.63, 3.8) is 0 Å². The predicted molar refractivity (Wildman–Crippen MR) is 87.0 cm³/mol. The Morgan fingerprint density at radius 2 is 1.91 bits per heavy atom. The first-order valence-corrected chi connectivity index (χ1v) is 7.17. The molecule has 0 atom stereocenters.